The maximum absolute atomic E-state index is 13.5. The van der Waals surface area contributed by atoms with E-state index in [1.807, 2.05) is 39.1 Å². The van der Waals surface area contributed by atoms with Crippen molar-refractivity contribution in [2.24, 2.45) is 23.2 Å². The van der Waals surface area contributed by atoms with Gasteiger partial charge in [-0.3, -0.25) is 19.2 Å². The third-order valence-corrected chi connectivity index (χ3v) is 8.55. The second kappa shape index (κ2) is 8.35. The molecule has 2 aliphatic heterocycles. The van der Waals surface area contributed by atoms with Gasteiger partial charge in [0.15, 0.2) is 0 Å². The minimum Gasteiger partial charge on any atom is -0.351 e. The lowest BCUT2D eigenvalue weighted by Crippen LogP contribution is -2.67. The molecule has 0 radical (unpaired) electrons. The number of nitrogens with zero attached hydrogens (tertiary/aromatic N) is 2. The highest BCUT2D eigenvalue weighted by atomic mass is 19.4. The van der Waals surface area contributed by atoms with Crippen molar-refractivity contribution in [3.8, 4) is 6.07 Å². The summed E-state index contributed by atoms with van der Waals surface area (Å²) in [5.41, 5.74) is -2.35. The Morgan fingerprint density at radius 3 is 2.33 bits per heavy atom. The Hall–Kier alpha value is -2.84. The van der Waals surface area contributed by atoms with E-state index in [9.17, 15) is 37.6 Å². The van der Waals surface area contributed by atoms with Crippen molar-refractivity contribution in [3.63, 3.8) is 0 Å². The molecular weight excluding hydrogens is 479 g/mol. The molecule has 4 fully saturated rings. The van der Waals surface area contributed by atoms with Crippen molar-refractivity contribution in [2.45, 2.75) is 89.1 Å². The van der Waals surface area contributed by atoms with Gasteiger partial charge < -0.3 is 20.9 Å². The van der Waals surface area contributed by atoms with Gasteiger partial charge in [-0.2, -0.15) is 18.4 Å². The van der Waals surface area contributed by atoms with Gasteiger partial charge in [-0.05, 0) is 63.2 Å². The van der Waals surface area contributed by atoms with Crippen molar-refractivity contribution in [1.82, 2.24) is 20.9 Å². The molecule has 2 aliphatic carbocycles. The lowest BCUT2D eigenvalue weighted by molar-refractivity contribution is -0.179. The van der Waals surface area contributed by atoms with Crippen LogP contribution in [0.1, 0.15) is 59.8 Å². The summed E-state index contributed by atoms with van der Waals surface area (Å²) in [7, 11) is 0. The van der Waals surface area contributed by atoms with Gasteiger partial charge in [0.2, 0.25) is 17.7 Å². The highest BCUT2D eigenvalue weighted by molar-refractivity contribution is 5.97. The molecule has 36 heavy (non-hydrogen) atoms. The Morgan fingerprint density at radius 2 is 1.86 bits per heavy atom. The largest absolute Gasteiger partial charge is 0.471 e. The standard InChI is InChI=1S/C24H32F3N5O4/c1-21(2)9-12(17(33)30-21)8-13(10-28)29-18(34)16-15-14(22(15,3)4)11-32(16)20(36)23(6-5-7-23)31-19(35)24(25,26)27/h12-16H,5-9,11H2,1-4H3,(H,29,34)(H,30,33)(H,31,35)/t12-,13+,14+,15+,16+/m1/s1. The zero-order valence-electron chi connectivity index (χ0n) is 20.8. The predicted octanol–water partition coefficient (Wildman–Crippen LogP) is 1.38. The van der Waals surface area contributed by atoms with Gasteiger partial charge in [-0.1, -0.05) is 13.8 Å². The summed E-state index contributed by atoms with van der Waals surface area (Å²) in [4.78, 5) is 52.1. The van der Waals surface area contributed by atoms with E-state index in [2.05, 4.69) is 10.6 Å². The molecule has 4 aliphatic rings. The highest BCUT2D eigenvalue weighted by Gasteiger charge is 2.70. The smallest absolute Gasteiger partial charge is 0.351 e. The fourth-order valence-corrected chi connectivity index (χ4v) is 6.35. The SMILES string of the molecule is CC1(C)C[C@@H](C[C@@H](C#N)NC(=O)[C@@H]2[C@@H]3[C@H](CN2C(=O)C2(NC(=O)C(F)(F)F)CCC2)C3(C)C)C(=O)N1. The number of rotatable bonds is 6. The number of halogens is 3. The van der Waals surface area contributed by atoms with Crippen LogP contribution in [0, 0.1) is 34.5 Å². The van der Waals surface area contributed by atoms with Crippen LogP contribution in [0.4, 0.5) is 13.2 Å². The topological polar surface area (TPSA) is 131 Å². The van der Waals surface area contributed by atoms with Crippen molar-refractivity contribution in [1.29, 1.82) is 5.26 Å². The Morgan fingerprint density at radius 1 is 1.22 bits per heavy atom. The number of carbonyl (C=O) groups excluding carboxylic acids is 4. The molecule has 4 amide bonds. The molecule has 0 unspecified atom stereocenters. The Bertz CT molecular complexity index is 1030. The number of nitriles is 1. The average Bonchev–Trinajstić information content (AvgIpc) is 3.03. The van der Waals surface area contributed by atoms with Gasteiger partial charge in [0, 0.05) is 18.0 Å². The Balaban J connectivity index is 1.50. The van der Waals surface area contributed by atoms with E-state index in [-0.39, 0.29) is 49.0 Å². The first-order valence-corrected chi connectivity index (χ1v) is 12.2. The summed E-state index contributed by atoms with van der Waals surface area (Å²) in [6.45, 7) is 7.85. The molecule has 3 N–H and O–H groups in total. The fraction of sp³-hybridized carbons (Fsp3) is 0.792. The van der Waals surface area contributed by atoms with Crippen LogP contribution in [0.25, 0.3) is 0 Å². The molecule has 0 aromatic rings. The molecule has 0 aromatic carbocycles. The molecule has 2 saturated heterocycles. The van der Waals surface area contributed by atoms with Gasteiger partial charge in [-0.15, -0.1) is 0 Å². The monoisotopic (exact) mass is 511 g/mol. The van der Waals surface area contributed by atoms with E-state index < -0.39 is 53.0 Å². The van der Waals surface area contributed by atoms with E-state index in [0.717, 1.165) is 0 Å². The normalized spacial score (nSPS) is 31.8. The third kappa shape index (κ3) is 4.41. The van der Waals surface area contributed by atoms with Crippen LogP contribution in [-0.4, -0.2) is 64.4 Å². The molecule has 9 nitrogen and oxygen atoms in total. The molecule has 2 saturated carbocycles. The fourth-order valence-electron chi connectivity index (χ4n) is 6.35. The molecule has 4 rings (SSSR count). The Labute approximate surface area is 207 Å². The molecule has 2 heterocycles. The van der Waals surface area contributed by atoms with Gasteiger partial charge in [-0.25, -0.2) is 0 Å². The van der Waals surface area contributed by atoms with E-state index >= 15 is 0 Å². The van der Waals surface area contributed by atoms with Gasteiger partial charge in [0.1, 0.15) is 17.6 Å². The number of nitrogens with one attached hydrogen (secondary N) is 3. The highest BCUT2D eigenvalue weighted by Crippen LogP contribution is 2.65. The lowest BCUT2D eigenvalue weighted by atomic mass is 9.75. The second-order valence-electron chi connectivity index (χ2n) is 11.9. The van der Waals surface area contributed by atoms with E-state index in [4.69, 9.17) is 0 Å². The van der Waals surface area contributed by atoms with E-state index in [1.165, 1.54) is 4.90 Å². The lowest BCUT2D eigenvalue weighted by Gasteiger charge is -2.45. The van der Waals surface area contributed by atoms with Gasteiger partial charge in [0.05, 0.1) is 6.07 Å². The summed E-state index contributed by atoms with van der Waals surface area (Å²) < 4.78 is 38.8. The van der Waals surface area contributed by atoms with Gasteiger partial charge in [0.25, 0.3) is 0 Å². The van der Waals surface area contributed by atoms with Crippen molar-refractivity contribution in [2.75, 3.05) is 6.54 Å². The molecule has 198 valence electrons. The van der Waals surface area contributed by atoms with Crippen molar-refractivity contribution in [3.05, 3.63) is 0 Å². The van der Waals surface area contributed by atoms with E-state index in [1.54, 1.807) is 0 Å². The van der Waals surface area contributed by atoms with Crippen molar-refractivity contribution >= 4 is 23.6 Å². The second-order valence-corrected chi connectivity index (χ2v) is 11.9. The first kappa shape index (κ1) is 26.2. The van der Waals surface area contributed by atoms with Crippen LogP contribution >= 0.6 is 0 Å². The number of hydrogen-bond donors (Lipinski definition) is 3. The van der Waals surface area contributed by atoms with Gasteiger partial charge >= 0.3 is 12.1 Å². The molecular formula is C24H32F3N5O4. The Kier molecular flexibility index (Phi) is 6.08. The van der Waals surface area contributed by atoms with Crippen LogP contribution in [0.15, 0.2) is 0 Å². The number of hydrogen-bond acceptors (Lipinski definition) is 5. The number of amides is 4. The minimum absolute atomic E-state index is 0.0189. The maximum atomic E-state index is 13.5. The zero-order chi connectivity index (χ0) is 26.8. The number of alkyl halides is 3. The molecule has 0 spiro atoms. The number of likely N-dealkylation sites (tertiary alicyclic amines) is 1. The molecule has 0 aromatic heterocycles. The first-order valence-electron chi connectivity index (χ1n) is 12.2. The number of fused-ring (bicyclic) bond motifs is 1. The maximum Gasteiger partial charge on any atom is 0.471 e. The summed E-state index contributed by atoms with van der Waals surface area (Å²) in [5.74, 6) is -4.32. The number of carbonyl (C=O) groups is 4. The molecule has 0 bridgehead atoms. The summed E-state index contributed by atoms with van der Waals surface area (Å²) >= 11 is 0. The van der Waals surface area contributed by atoms with Crippen molar-refractivity contribution < 1.29 is 32.3 Å². The van der Waals surface area contributed by atoms with Crippen LogP contribution < -0.4 is 16.0 Å². The summed E-state index contributed by atoms with van der Waals surface area (Å²) in [6.07, 6.45) is -3.91. The first-order chi connectivity index (χ1) is 16.5. The average molecular weight is 512 g/mol. The molecule has 12 heteroatoms. The third-order valence-electron chi connectivity index (χ3n) is 8.55. The van der Waals surface area contributed by atoms with E-state index in [0.29, 0.717) is 12.8 Å². The van der Waals surface area contributed by atoms with Crippen LogP contribution in [-0.2, 0) is 19.2 Å². The van der Waals surface area contributed by atoms with Crippen LogP contribution in [0.3, 0.4) is 0 Å². The zero-order valence-corrected chi connectivity index (χ0v) is 20.8. The summed E-state index contributed by atoms with van der Waals surface area (Å²) in [5, 5.41) is 17.1. The predicted molar refractivity (Wildman–Crippen MR) is 120 cm³/mol. The van der Waals surface area contributed by atoms with Crippen LogP contribution in [0.2, 0.25) is 0 Å². The van der Waals surface area contributed by atoms with Crippen LogP contribution in [0.5, 0.6) is 0 Å². The quantitative estimate of drug-likeness (QED) is 0.496. The minimum atomic E-state index is -5.13. The summed E-state index contributed by atoms with van der Waals surface area (Å²) in [6, 6.07) is 0.0826. The molecule has 5 atom stereocenters. The number of piperidine rings is 1.